The predicted octanol–water partition coefficient (Wildman–Crippen LogP) is 6.36. The van der Waals surface area contributed by atoms with E-state index in [2.05, 4.69) is 0 Å². The maximum Gasteiger partial charge on any atom is 0.296 e. The van der Waals surface area contributed by atoms with E-state index in [1.54, 1.807) is 12.1 Å². The Morgan fingerprint density at radius 2 is 1.07 bits per heavy atom. The van der Waals surface area contributed by atoms with E-state index in [4.69, 9.17) is 9.05 Å². The fraction of sp³-hybridized carbons (Fsp3) is 0.235. The summed E-state index contributed by atoms with van der Waals surface area (Å²) in [5.41, 5.74) is 3.46. The third kappa shape index (κ3) is 5.90. The van der Waals surface area contributed by atoms with Gasteiger partial charge in [-0.05, 0) is 49.4 Å². The van der Waals surface area contributed by atoms with Gasteiger partial charge in [-0.3, -0.25) is 18.8 Å². The van der Waals surface area contributed by atoms with E-state index < -0.39 is 14.7 Å². The number of rotatable bonds is 10. The van der Waals surface area contributed by atoms with Gasteiger partial charge in [0.2, 0.25) is 5.91 Å². The minimum absolute atomic E-state index is 0.00302. The fourth-order valence-corrected chi connectivity index (χ4v) is 10.6. The summed E-state index contributed by atoms with van der Waals surface area (Å²) >= 11 is 0. The summed E-state index contributed by atoms with van der Waals surface area (Å²) in [4.78, 5) is 28.6. The van der Waals surface area contributed by atoms with Gasteiger partial charge in [0.1, 0.15) is 23.6 Å². The number of benzene rings is 4. The molecule has 44 heavy (non-hydrogen) atoms. The molecule has 10 heteroatoms. The molecule has 0 radical (unpaired) electrons. The second-order valence-electron chi connectivity index (χ2n) is 11.3. The normalized spacial score (nSPS) is 19.4. The van der Waals surface area contributed by atoms with Crippen molar-refractivity contribution in [3.05, 3.63) is 97.1 Å². The minimum atomic E-state index is -3.56. The second kappa shape index (κ2) is 12.2. The number of hydrogen-bond acceptors (Lipinski definition) is 7. The summed E-state index contributed by atoms with van der Waals surface area (Å²) in [6, 6.07) is 30.0. The SMILES string of the molecule is CC(=O)CCC(=O)N(CCN(C)CP1(=O)Oc2ccccc2-c2ccccc21)CP1(=O)Oc2ccccc2-c2ccccc21. The molecule has 0 N–H and O–H groups in total. The lowest BCUT2D eigenvalue weighted by molar-refractivity contribution is -0.132. The van der Waals surface area contributed by atoms with Gasteiger partial charge in [0, 0.05) is 37.1 Å². The zero-order valence-corrected chi connectivity index (χ0v) is 26.5. The highest BCUT2D eigenvalue weighted by Gasteiger charge is 2.40. The Balaban J connectivity index is 1.23. The number of carbonyl (C=O) groups excluding carboxylic acids is 2. The molecule has 0 aliphatic carbocycles. The largest absolute Gasteiger partial charge is 0.438 e. The van der Waals surface area contributed by atoms with Gasteiger partial charge in [-0.1, -0.05) is 72.8 Å². The van der Waals surface area contributed by atoms with Gasteiger partial charge < -0.3 is 18.7 Å². The van der Waals surface area contributed by atoms with Crippen LogP contribution in [0.5, 0.6) is 11.5 Å². The van der Waals surface area contributed by atoms with E-state index >= 15 is 0 Å². The molecule has 0 bridgehead atoms. The number of fused-ring (bicyclic) bond motifs is 6. The summed E-state index contributed by atoms with van der Waals surface area (Å²) < 4.78 is 41.3. The van der Waals surface area contributed by atoms with Crippen LogP contribution in [0.3, 0.4) is 0 Å². The van der Waals surface area contributed by atoms with Crippen molar-refractivity contribution < 1.29 is 27.8 Å². The van der Waals surface area contributed by atoms with Crippen molar-refractivity contribution in [2.45, 2.75) is 19.8 Å². The smallest absolute Gasteiger partial charge is 0.296 e. The summed E-state index contributed by atoms with van der Waals surface area (Å²) in [7, 11) is -5.06. The van der Waals surface area contributed by atoms with E-state index in [-0.39, 0.29) is 43.6 Å². The molecule has 0 spiro atoms. The highest BCUT2D eigenvalue weighted by atomic mass is 31.2. The van der Waals surface area contributed by atoms with Crippen molar-refractivity contribution in [3.8, 4) is 33.8 Å². The van der Waals surface area contributed by atoms with Crippen molar-refractivity contribution in [1.29, 1.82) is 0 Å². The van der Waals surface area contributed by atoms with Crippen molar-refractivity contribution in [2.75, 3.05) is 32.7 Å². The molecular weight excluding hydrogens is 594 g/mol. The molecule has 8 nitrogen and oxygen atoms in total. The van der Waals surface area contributed by atoms with Gasteiger partial charge in [-0.2, -0.15) is 0 Å². The van der Waals surface area contributed by atoms with Crippen molar-refractivity contribution in [1.82, 2.24) is 9.80 Å². The highest BCUT2D eigenvalue weighted by Crippen LogP contribution is 2.56. The topological polar surface area (TPSA) is 93.2 Å². The number of likely N-dealkylation sites (N-methyl/N-ethyl adjacent to an activating group) is 1. The molecule has 2 aliphatic heterocycles. The third-order valence-electron chi connectivity index (χ3n) is 7.97. The van der Waals surface area contributed by atoms with Crippen molar-refractivity contribution in [2.24, 2.45) is 0 Å². The van der Waals surface area contributed by atoms with Gasteiger partial charge in [0.05, 0.1) is 16.9 Å². The molecule has 226 valence electrons. The van der Waals surface area contributed by atoms with Crippen LogP contribution in [0.4, 0.5) is 0 Å². The molecule has 0 saturated carbocycles. The van der Waals surface area contributed by atoms with E-state index in [1.807, 2.05) is 96.9 Å². The lowest BCUT2D eigenvalue weighted by atomic mass is 10.0. The first-order valence-electron chi connectivity index (χ1n) is 14.6. The molecule has 6 rings (SSSR count). The Kier molecular flexibility index (Phi) is 8.34. The number of nitrogens with zero attached hydrogens (tertiary/aromatic N) is 2. The van der Waals surface area contributed by atoms with Gasteiger partial charge in [-0.15, -0.1) is 0 Å². The Morgan fingerprint density at radius 3 is 1.59 bits per heavy atom. The van der Waals surface area contributed by atoms with Crippen molar-refractivity contribution >= 4 is 37.0 Å². The van der Waals surface area contributed by atoms with Gasteiger partial charge in [0.25, 0.3) is 14.7 Å². The Labute approximate surface area is 257 Å². The van der Waals surface area contributed by atoms with E-state index in [0.29, 0.717) is 28.7 Å². The standard InChI is InChI=1S/C34H34N2O6P2/c1-25(37)19-20-34(38)36(24-44(40)33-18-10-6-14-29(33)27-12-4-8-16-31(27)42-44)22-21-35(2)23-43(39)32-17-9-5-13-28(32)26-11-3-7-15-30(26)41-43/h3-18H,19-24H2,1-2H3. The zero-order chi connectivity index (χ0) is 30.9. The molecule has 0 saturated heterocycles. The molecule has 0 aromatic heterocycles. The van der Waals surface area contributed by atoms with Gasteiger partial charge >= 0.3 is 0 Å². The van der Waals surface area contributed by atoms with Gasteiger partial charge in [0.15, 0.2) is 0 Å². The van der Waals surface area contributed by atoms with Crippen LogP contribution in [0, 0.1) is 0 Å². The average Bonchev–Trinajstić information content (AvgIpc) is 3.02. The quantitative estimate of drug-likeness (QED) is 0.189. The van der Waals surface area contributed by atoms with E-state index in [1.165, 1.54) is 11.8 Å². The number of para-hydroxylation sites is 2. The van der Waals surface area contributed by atoms with Crippen LogP contribution in [-0.2, 0) is 18.7 Å². The molecule has 2 unspecified atom stereocenters. The van der Waals surface area contributed by atoms with Crippen LogP contribution in [0.2, 0.25) is 0 Å². The predicted molar refractivity (Wildman–Crippen MR) is 173 cm³/mol. The lowest BCUT2D eigenvalue weighted by Crippen LogP contribution is -2.41. The molecule has 2 atom stereocenters. The molecule has 1 amide bonds. The maximum absolute atomic E-state index is 14.6. The van der Waals surface area contributed by atoms with Crippen LogP contribution < -0.4 is 19.7 Å². The van der Waals surface area contributed by atoms with Crippen molar-refractivity contribution in [3.63, 3.8) is 0 Å². The molecule has 4 aromatic rings. The lowest BCUT2D eigenvalue weighted by Gasteiger charge is -2.34. The monoisotopic (exact) mass is 628 g/mol. The van der Waals surface area contributed by atoms with Gasteiger partial charge in [-0.25, -0.2) is 0 Å². The average molecular weight is 629 g/mol. The zero-order valence-electron chi connectivity index (χ0n) is 24.7. The first-order chi connectivity index (χ1) is 21.2. The Morgan fingerprint density at radius 1 is 0.614 bits per heavy atom. The van der Waals surface area contributed by atoms with Crippen LogP contribution in [-0.4, -0.2) is 54.2 Å². The summed E-state index contributed by atoms with van der Waals surface area (Å²) in [5, 5.41) is 1.22. The molecular formula is C34H34N2O6P2. The third-order valence-corrected chi connectivity index (χ3v) is 12.8. The van der Waals surface area contributed by atoms with Crippen LogP contribution in [0.1, 0.15) is 19.8 Å². The molecule has 4 aromatic carbocycles. The molecule has 2 heterocycles. The first-order valence-corrected chi connectivity index (χ1v) is 18.2. The fourth-order valence-electron chi connectivity index (χ4n) is 5.78. The number of hydrogen-bond donors (Lipinski definition) is 0. The number of Topliss-reactive ketones (excluding diaryl/α,β-unsaturated/α-hetero) is 1. The summed E-state index contributed by atoms with van der Waals surface area (Å²) in [6.45, 7) is 1.98. The Hall–Kier alpha value is -3.96. The second-order valence-corrected chi connectivity index (χ2v) is 15.9. The minimum Gasteiger partial charge on any atom is -0.438 e. The summed E-state index contributed by atoms with van der Waals surface area (Å²) in [5.74, 6) is 0.704. The Bertz CT molecular complexity index is 1840. The number of carbonyl (C=O) groups is 2. The number of ketones is 1. The van der Waals surface area contributed by atoms with Crippen LogP contribution >= 0.6 is 14.7 Å². The summed E-state index contributed by atoms with van der Waals surface area (Å²) in [6.07, 6.45) is 0.0729. The van der Waals surface area contributed by atoms with E-state index in [0.717, 1.165) is 22.3 Å². The van der Waals surface area contributed by atoms with Crippen LogP contribution in [0.25, 0.3) is 22.3 Å². The molecule has 0 fully saturated rings. The highest BCUT2D eigenvalue weighted by molar-refractivity contribution is 7.68. The molecule has 2 aliphatic rings. The first kappa shape index (κ1) is 30.1. The maximum atomic E-state index is 14.6. The van der Waals surface area contributed by atoms with E-state index in [9.17, 15) is 18.7 Å². The van der Waals surface area contributed by atoms with Crippen LogP contribution in [0.15, 0.2) is 97.1 Å². The number of amides is 1.